The Hall–Kier alpha value is -2.08. The van der Waals surface area contributed by atoms with Crippen LogP contribution in [0.25, 0.3) is 0 Å². The van der Waals surface area contributed by atoms with E-state index in [1.165, 1.54) is 19.2 Å². The zero-order valence-corrected chi connectivity index (χ0v) is 11.3. The van der Waals surface area contributed by atoms with Crippen molar-refractivity contribution in [3.05, 3.63) is 23.8 Å². The summed E-state index contributed by atoms with van der Waals surface area (Å²) in [5.74, 6) is -0.471. The number of anilines is 1. The second kappa shape index (κ2) is 6.19. The molecule has 6 nitrogen and oxygen atoms in total. The van der Waals surface area contributed by atoms with Crippen LogP contribution in [-0.2, 0) is 4.79 Å². The Morgan fingerprint density at radius 1 is 1.32 bits per heavy atom. The summed E-state index contributed by atoms with van der Waals surface area (Å²) in [4.78, 5) is 23.0. The van der Waals surface area contributed by atoms with E-state index in [1.807, 2.05) is 13.8 Å². The van der Waals surface area contributed by atoms with Gasteiger partial charge < -0.3 is 21.5 Å². The van der Waals surface area contributed by atoms with Crippen molar-refractivity contribution < 1.29 is 14.3 Å². The summed E-state index contributed by atoms with van der Waals surface area (Å²) in [7, 11) is 1.47. The minimum absolute atomic E-state index is 0.00492. The summed E-state index contributed by atoms with van der Waals surface area (Å²) in [6.45, 7) is 3.70. The van der Waals surface area contributed by atoms with Crippen molar-refractivity contribution in [3.63, 3.8) is 0 Å². The molecule has 0 saturated heterocycles. The summed E-state index contributed by atoms with van der Waals surface area (Å²) in [5, 5.41) is 2.64. The van der Waals surface area contributed by atoms with E-state index in [-0.39, 0.29) is 17.4 Å². The van der Waals surface area contributed by atoms with Crippen molar-refractivity contribution in [2.24, 2.45) is 17.4 Å². The number of methoxy groups -OCH3 is 1. The SMILES string of the molecule is COc1ccc(C(N)=O)cc1NC(=O)[C@@H](N)C(C)C. The maximum absolute atomic E-state index is 11.9. The molecular formula is C13H19N3O3. The zero-order chi connectivity index (χ0) is 14.6. The maximum Gasteiger partial charge on any atom is 0.248 e. The van der Waals surface area contributed by atoms with Gasteiger partial charge in [0.05, 0.1) is 18.8 Å². The number of carbonyl (C=O) groups excluding carboxylic acids is 2. The first-order valence-corrected chi connectivity index (χ1v) is 5.91. The second-order valence-electron chi connectivity index (χ2n) is 4.54. The van der Waals surface area contributed by atoms with E-state index in [4.69, 9.17) is 16.2 Å². The molecule has 0 aliphatic heterocycles. The van der Waals surface area contributed by atoms with E-state index in [2.05, 4.69) is 5.32 Å². The van der Waals surface area contributed by atoms with Gasteiger partial charge in [-0.3, -0.25) is 9.59 Å². The quantitative estimate of drug-likeness (QED) is 0.728. The summed E-state index contributed by atoms with van der Waals surface area (Å²) >= 11 is 0. The van der Waals surface area contributed by atoms with Crippen LogP contribution in [0.1, 0.15) is 24.2 Å². The highest BCUT2D eigenvalue weighted by Crippen LogP contribution is 2.25. The van der Waals surface area contributed by atoms with Gasteiger partial charge >= 0.3 is 0 Å². The lowest BCUT2D eigenvalue weighted by Gasteiger charge is -2.17. The van der Waals surface area contributed by atoms with Gasteiger partial charge in [-0.1, -0.05) is 13.8 Å². The van der Waals surface area contributed by atoms with Crippen LogP contribution in [-0.4, -0.2) is 25.0 Å². The molecule has 19 heavy (non-hydrogen) atoms. The fourth-order valence-corrected chi connectivity index (χ4v) is 1.48. The monoisotopic (exact) mass is 265 g/mol. The lowest BCUT2D eigenvalue weighted by atomic mass is 10.0. The van der Waals surface area contributed by atoms with Crippen molar-refractivity contribution in [2.75, 3.05) is 12.4 Å². The smallest absolute Gasteiger partial charge is 0.248 e. The van der Waals surface area contributed by atoms with E-state index in [0.29, 0.717) is 11.4 Å². The molecule has 0 aliphatic rings. The van der Waals surface area contributed by atoms with Crippen molar-refractivity contribution >= 4 is 17.5 Å². The summed E-state index contributed by atoms with van der Waals surface area (Å²) < 4.78 is 5.11. The van der Waals surface area contributed by atoms with Gasteiger partial charge in [0.1, 0.15) is 5.75 Å². The fourth-order valence-electron chi connectivity index (χ4n) is 1.48. The van der Waals surface area contributed by atoms with Gasteiger partial charge in [-0.05, 0) is 24.1 Å². The fraction of sp³-hybridized carbons (Fsp3) is 0.385. The maximum atomic E-state index is 11.9. The van der Waals surface area contributed by atoms with E-state index in [0.717, 1.165) is 0 Å². The largest absolute Gasteiger partial charge is 0.495 e. The Kier molecular flexibility index (Phi) is 4.88. The predicted octanol–water partition coefficient (Wildman–Crippen LogP) is 0.716. The Labute approximate surface area is 112 Å². The Morgan fingerprint density at radius 2 is 1.95 bits per heavy atom. The first-order valence-electron chi connectivity index (χ1n) is 5.91. The highest BCUT2D eigenvalue weighted by molar-refractivity contribution is 5.99. The van der Waals surface area contributed by atoms with Gasteiger partial charge in [-0.15, -0.1) is 0 Å². The average Bonchev–Trinajstić information content (AvgIpc) is 2.37. The van der Waals surface area contributed by atoms with Crippen LogP contribution in [0.3, 0.4) is 0 Å². The Bertz CT molecular complexity index is 486. The van der Waals surface area contributed by atoms with Gasteiger partial charge in [0, 0.05) is 5.56 Å². The number of amides is 2. The molecule has 0 aromatic heterocycles. The van der Waals surface area contributed by atoms with Crippen LogP contribution < -0.4 is 21.5 Å². The molecule has 0 saturated carbocycles. The molecular weight excluding hydrogens is 246 g/mol. The number of nitrogens with two attached hydrogens (primary N) is 2. The van der Waals surface area contributed by atoms with Crippen LogP contribution in [0.4, 0.5) is 5.69 Å². The summed E-state index contributed by atoms with van der Waals surface area (Å²) in [6, 6.07) is 3.92. The third kappa shape index (κ3) is 3.69. The molecule has 0 aliphatic carbocycles. The van der Waals surface area contributed by atoms with Crippen LogP contribution >= 0.6 is 0 Å². The number of rotatable bonds is 5. The first kappa shape index (κ1) is 15.0. The third-order valence-electron chi connectivity index (χ3n) is 2.76. The number of carbonyl (C=O) groups is 2. The normalized spacial score (nSPS) is 12.1. The number of primary amides is 1. The molecule has 1 atom stereocenters. The van der Waals surface area contributed by atoms with E-state index in [9.17, 15) is 9.59 Å². The molecule has 6 heteroatoms. The van der Waals surface area contributed by atoms with Crippen molar-refractivity contribution in [2.45, 2.75) is 19.9 Å². The van der Waals surface area contributed by atoms with Gasteiger partial charge in [0.2, 0.25) is 11.8 Å². The van der Waals surface area contributed by atoms with E-state index >= 15 is 0 Å². The highest BCUT2D eigenvalue weighted by Gasteiger charge is 2.19. The summed E-state index contributed by atoms with van der Waals surface area (Å²) in [6.07, 6.45) is 0. The molecule has 104 valence electrons. The predicted molar refractivity (Wildman–Crippen MR) is 73.0 cm³/mol. The zero-order valence-electron chi connectivity index (χ0n) is 11.3. The minimum Gasteiger partial charge on any atom is -0.495 e. The Balaban J connectivity index is 3.01. The molecule has 0 fully saturated rings. The molecule has 1 rings (SSSR count). The molecule has 0 bridgehead atoms. The average molecular weight is 265 g/mol. The van der Waals surface area contributed by atoms with Crippen LogP contribution in [0.5, 0.6) is 5.75 Å². The van der Waals surface area contributed by atoms with Gasteiger partial charge in [-0.25, -0.2) is 0 Å². The van der Waals surface area contributed by atoms with Gasteiger partial charge in [-0.2, -0.15) is 0 Å². The molecule has 0 heterocycles. The topological polar surface area (TPSA) is 107 Å². The summed E-state index contributed by atoms with van der Waals surface area (Å²) in [5.41, 5.74) is 11.6. The van der Waals surface area contributed by atoms with Crippen molar-refractivity contribution in [3.8, 4) is 5.75 Å². The van der Waals surface area contributed by atoms with E-state index in [1.54, 1.807) is 6.07 Å². The molecule has 5 N–H and O–H groups in total. The van der Waals surface area contributed by atoms with Crippen LogP contribution in [0.2, 0.25) is 0 Å². The number of hydrogen-bond donors (Lipinski definition) is 3. The first-order chi connectivity index (χ1) is 8.86. The molecule has 1 aromatic carbocycles. The molecule has 0 spiro atoms. The standard InChI is InChI=1S/C13H19N3O3/c1-7(2)11(14)13(18)16-9-6-8(12(15)17)4-5-10(9)19-3/h4-7,11H,14H2,1-3H3,(H2,15,17)(H,16,18)/t11-/m0/s1. The van der Waals surface area contributed by atoms with E-state index < -0.39 is 11.9 Å². The van der Waals surface area contributed by atoms with Crippen LogP contribution in [0, 0.1) is 5.92 Å². The molecule has 0 radical (unpaired) electrons. The molecule has 1 aromatic rings. The van der Waals surface area contributed by atoms with Crippen LogP contribution in [0.15, 0.2) is 18.2 Å². The van der Waals surface area contributed by atoms with Crippen molar-refractivity contribution in [1.82, 2.24) is 0 Å². The Morgan fingerprint density at radius 3 is 2.42 bits per heavy atom. The number of hydrogen-bond acceptors (Lipinski definition) is 4. The highest BCUT2D eigenvalue weighted by atomic mass is 16.5. The van der Waals surface area contributed by atoms with Gasteiger partial charge in [0.15, 0.2) is 0 Å². The minimum atomic E-state index is -0.637. The second-order valence-corrected chi connectivity index (χ2v) is 4.54. The molecule has 2 amide bonds. The lowest BCUT2D eigenvalue weighted by Crippen LogP contribution is -2.39. The van der Waals surface area contributed by atoms with Gasteiger partial charge in [0.25, 0.3) is 0 Å². The lowest BCUT2D eigenvalue weighted by molar-refractivity contribution is -0.118. The number of nitrogens with one attached hydrogen (secondary N) is 1. The third-order valence-corrected chi connectivity index (χ3v) is 2.76. The molecule has 0 unspecified atom stereocenters. The van der Waals surface area contributed by atoms with Crippen molar-refractivity contribution in [1.29, 1.82) is 0 Å². The number of ether oxygens (including phenoxy) is 1. The number of benzene rings is 1.